The van der Waals surface area contributed by atoms with Gasteiger partial charge in [-0.1, -0.05) is 23.7 Å². The van der Waals surface area contributed by atoms with Crippen LogP contribution < -0.4 is 5.32 Å². The molecule has 3 rings (SSSR count). The maximum absolute atomic E-state index is 13.1. The van der Waals surface area contributed by atoms with E-state index in [1.165, 1.54) is 5.56 Å². The molecule has 142 valence electrons. The predicted molar refractivity (Wildman–Crippen MR) is 107 cm³/mol. The van der Waals surface area contributed by atoms with Crippen molar-refractivity contribution in [3.8, 4) is 0 Å². The van der Waals surface area contributed by atoms with Crippen molar-refractivity contribution >= 4 is 29.9 Å². The first-order valence-electron chi connectivity index (χ1n) is 8.66. The molecule has 0 saturated carbocycles. The van der Waals surface area contributed by atoms with Crippen molar-refractivity contribution in [3.63, 3.8) is 0 Å². The van der Waals surface area contributed by atoms with Crippen LogP contribution in [0.1, 0.15) is 24.0 Å². The van der Waals surface area contributed by atoms with Gasteiger partial charge in [0.25, 0.3) is 0 Å². The summed E-state index contributed by atoms with van der Waals surface area (Å²) in [7, 11) is 3.81. The number of likely N-dealkylation sites (N-methyl/N-ethyl adjacent to an activating group) is 1. The molecule has 1 unspecified atom stereocenters. The average molecular weight is 397 g/mol. The molecule has 1 amide bonds. The van der Waals surface area contributed by atoms with Gasteiger partial charge in [0.05, 0.1) is 12.1 Å². The minimum Gasteiger partial charge on any atom is -0.342 e. The van der Waals surface area contributed by atoms with Crippen LogP contribution in [0, 0.1) is 5.92 Å². The summed E-state index contributed by atoms with van der Waals surface area (Å²) in [5, 5.41) is 8.35. The van der Waals surface area contributed by atoms with E-state index in [0.717, 1.165) is 30.1 Å². The molecule has 0 bridgehead atoms. The second kappa shape index (κ2) is 8.89. The van der Waals surface area contributed by atoms with Crippen LogP contribution in [0.4, 0.5) is 0 Å². The molecular weight excluding hydrogens is 371 g/mol. The molecule has 1 N–H and O–H groups in total. The fraction of sp³-hybridized carbons (Fsp3) is 0.474. The number of benzene rings is 1. The number of hydrogen-bond donors (Lipinski definition) is 1. The van der Waals surface area contributed by atoms with Crippen molar-refractivity contribution in [1.82, 2.24) is 20.0 Å². The van der Waals surface area contributed by atoms with E-state index in [1.807, 2.05) is 55.7 Å². The molecule has 1 fully saturated rings. The minimum absolute atomic E-state index is 0. The molecule has 0 aliphatic carbocycles. The number of hydrogen-bond acceptors (Lipinski definition) is 3. The van der Waals surface area contributed by atoms with Gasteiger partial charge in [0.1, 0.15) is 0 Å². The normalized spacial score (nSPS) is 20.5. The van der Waals surface area contributed by atoms with Gasteiger partial charge in [-0.2, -0.15) is 5.10 Å². The Hall–Kier alpha value is -1.56. The highest BCUT2D eigenvalue weighted by Gasteiger charge is 2.37. The summed E-state index contributed by atoms with van der Waals surface area (Å²) < 4.78 is 1.79. The summed E-state index contributed by atoms with van der Waals surface area (Å²) in [4.78, 5) is 14.9. The molecule has 5 nitrogen and oxygen atoms in total. The van der Waals surface area contributed by atoms with Crippen molar-refractivity contribution in [3.05, 3.63) is 52.8 Å². The lowest BCUT2D eigenvalue weighted by Gasteiger charge is -2.29. The summed E-state index contributed by atoms with van der Waals surface area (Å²) in [5.41, 5.74) is 2.31. The lowest BCUT2D eigenvalue weighted by molar-refractivity contribution is -0.135. The molecule has 1 aromatic carbocycles. The smallest absolute Gasteiger partial charge is 0.227 e. The Labute approximate surface area is 166 Å². The fourth-order valence-corrected chi connectivity index (χ4v) is 3.62. The van der Waals surface area contributed by atoms with E-state index in [0.29, 0.717) is 0 Å². The number of aryl methyl sites for hydroxylation is 1. The largest absolute Gasteiger partial charge is 0.342 e. The summed E-state index contributed by atoms with van der Waals surface area (Å²) in [6.07, 6.45) is 4.70. The number of amides is 1. The van der Waals surface area contributed by atoms with Crippen molar-refractivity contribution in [2.24, 2.45) is 13.0 Å². The molecule has 3 atom stereocenters. The van der Waals surface area contributed by atoms with Crippen molar-refractivity contribution < 1.29 is 4.79 Å². The Kier molecular flexibility index (Phi) is 7.09. The SMILES string of the molecule is CC(Cc1ccc(Cl)cc1)N(C)C(=O)[C@H]1CNC[C@@H]1c1cnn(C)c1.Cl. The van der Waals surface area contributed by atoms with Crippen molar-refractivity contribution in [2.45, 2.75) is 25.3 Å². The molecule has 26 heavy (non-hydrogen) atoms. The Morgan fingerprint density at radius 2 is 2.08 bits per heavy atom. The van der Waals surface area contributed by atoms with Crippen LogP contribution in [0.5, 0.6) is 0 Å². The number of carbonyl (C=O) groups is 1. The molecule has 2 aromatic rings. The van der Waals surface area contributed by atoms with Gasteiger partial charge >= 0.3 is 0 Å². The van der Waals surface area contributed by atoms with E-state index >= 15 is 0 Å². The first-order chi connectivity index (χ1) is 12.0. The number of aromatic nitrogens is 2. The average Bonchev–Trinajstić information content (AvgIpc) is 3.24. The molecule has 1 aliphatic rings. The van der Waals surface area contributed by atoms with E-state index in [9.17, 15) is 4.79 Å². The van der Waals surface area contributed by atoms with E-state index in [4.69, 9.17) is 11.6 Å². The molecule has 7 heteroatoms. The van der Waals surface area contributed by atoms with Crippen LogP contribution in [-0.4, -0.2) is 46.8 Å². The maximum atomic E-state index is 13.1. The van der Waals surface area contributed by atoms with Gasteiger partial charge < -0.3 is 10.2 Å². The fourth-order valence-electron chi connectivity index (χ4n) is 3.50. The predicted octanol–water partition coefficient (Wildman–Crippen LogP) is 2.89. The Bertz CT molecular complexity index is 731. The van der Waals surface area contributed by atoms with Crippen LogP contribution in [0.15, 0.2) is 36.7 Å². The topological polar surface area (TPSA) is 50.2 Å². The quantitative estimate of drug-likeness (QED) is 0.844. The Morgan fingerprint density at radius 3 is 2.69 bits per heavy atom. The third-order valence-corrected chi connectivity index (χ3v) is 5.39. The number of nitrogens with one attached hydrogen (secondary N) is 1. The van der Waals surface area contributed by atoms with Gasteiger partial charge in [-0.25, -0.2) is 0 Å². The van der Waals surface area contributed by atoms with Crippen LogP contribution in [0.25, 0.3) is 0 Å². The monoisotopic (exact) mass is 396 g/mol. The van der Waals surface area contributed by atoms with E-state index in [2.05, 4.69) is 17.3 Å². The molecule has 0 spiro atoms. The lowest BCUT2D eigenvalue weighted by Crippen LogP contribution is -2.42. The summed E-state index contributed by atoms with van der Waals surface area (Å²) >= 11 is 5.94. The molecule has 1 aliphatic heterocycles. The zero-order valence-corrected chi connectivity index (χ0v) is 16.9. The van der Waals surface area contributed by atoms with Crippen LogP contribution in [0.3, 0.4) is 0 Å². The standard InChI is InChI=1S/C19H25ClN4O.ClH/c1-13(8-14-4-6-16(20)7-5-14)24(3)19(25)18-11-21-10-17(18)15-9-22-23(2)12-15;/h4-7,9,12-13,17-18,21H,8,10-11H2,1-3H3;1H/t13?,17-,18+;/m1./s1. The van der Waals surface area contributed by atoms with Gasteiger partial charge in [-0.3, -0.25) is 9.48 Å². The van der Waals surface area contributed by atoms with Crippen molar-refractivity contribution in [1.29, 1.82) is 0 Å². The second-order valence-corrected chi connectivity index (χ2v) is 7.38. The number of rotatable bonds is 5. The summed E-state index contributed by atoms with van der Waals surface area (Å²) in [6, 6.07) is 7.96. The van der Waals surface area contributed by atoms with Crippen molar-refractivity contribution in [2.75, 3.05) is 20.1 Å². The van der Waals surface area contributed by atoms with E-state index in [-0.39, 0.29) is 36.2 Å². The summed E-state index contributed by atoms with van der Waals surface area (Å²) in [6.45, 7) is 3.63. The Balaban J connectivity index is 0.00000243. The zero-order valence-electron chi connectivity index (χ0n) is 15.4. The minimum atomic E-state index is -0.0399. The van der Waals surface area contributed by atoms with Crippen LogP contribution in [0.2, 0.25) is 5.02 Å². The number of carbonyl (C=O) groups excluding carboxylic acids is 1. The number of nitrogens with zero attached hydrogens (tertiary/aromatic N) is 3. The van der Waals surface area contributed by atoms with Gasteiger partial charge in [0.2, 0.25) is 5.91 Å². The van der Waals surface area contributed by atoms with E-state index in [1.54, 1.807) is 4.68 Å². The van der Waals surface area contributed by atoms with E-state index < -0.39 is 0 Å². The molecule has 1 saturated heterocycles. The van der Waals surface area contributed by atoms with Crippen LogP contribution >= 0.6 is 24.0 Å². The van der Waals surface area contributed by atoms with Gasteiger partial charge in [0, 0.05) is 50.4 Å². The third-order valence-electron chi connectivity index (χ3n) is 5.14. The second-order valence-electron chi connectivity index (χ2n) is 6.95. The van der Waals surface area contributed by atoms with Gasteiger partial charge in [0.15, 0.2) is 0 Å². The molecule has 0 radical (unpaired) electrons. The summed E-state index contributed by atoms with van der Waals surface area (Å²) in [5.74, 6) is 0.341. The number of halogens is 2. The zero-order chi connectivity index (χ0) is 18.0. The first-order valence-corrected chi connectivity index (χ1v) is 9.04. The highest BCUT2D eigenvalue weighted by molar-refractivity contribution is 6.30. The van der Waals surface area contributed by atoms with Gasteiger partial charge in [-0.05, 0) is 36.6 Å². The van der Waals surface area contributed by atoms with Gasteiger partial charge in [-0.15, -0.1) is 12.4 Å². The highest BCUT2D eigenvalue weighted by Crippen LogP contribution is 2.29. The Morgan fingerprint density at radius 1 is 1.38 bits per heavy atom. The molecular formula is C19H26Cl2N4O. The lowest BCUT2D eigenvalue weighted by atomic mass is 9.89. The van der Waals surface area contributed by atoms with Crippen LogP contribution in [-0.2, 0) is 18.3 Å². The highest BCUT2D eigenvalue weighted by atomic mass is 35.5. The first kappa shape index (κ1) is 20.7. The maximum Gasteiger partial charge on any atom is 0.227 e. The molecule has 2 heterocycles. The third kappa shape index (κ3) is 4.58. The molecule has 1 aromatic heterocycles.